The van der Waals surface area contributed by atoms with Gasteiger partial charge in [0, 0.05) is 49.2 Å². The van der Waals surface area contributed by atoms with E-state index >= 15 is 0 Å². The molecule has 6 nitrogen and oxygen atoms in total. The second-order valence-corrected chi connectivity index (χ2v) is 11.5. The minimum Gasteiger partial charge on any atom is -0.497 e. The molecular weight excluding hydrogens is 416 g/mol. The highest BCUT2D eigenvalue weighted by atomic mass is 16.6. The van der Waals surface area contributed by atoms with Gasteiger partial charge in [0.15, 0.2) is 0 Å². The molecule has 0 radical (unpaired) electrons. The predicted molar refractivity (Wildman–Crippen MR) is 126 cm³/mol. The molecular formula is C27H38N2O4. The second-order valence-electron chi connectivity index (χ2n) is 11.5. The fourth-order valence-electron chi connectivity index (χ4n) is 8.08. The smallest absolute Gasteiger partial charge is 0.311 e. The molecule has 2 saturated carbocycles. The lowest BCUT2D eigenvalue weighted by Gasteiger charge is -2.49. The summed E-state index contributed by atoms with van der Waals surface area (Å²) in [5, 5.41) is 0. The first-order valence-electron chi connectivity index (χ1n) is 12.9. The molecule has 3 heterocycles. The number of hydrogen-bond donors (Lipinski definition) is 0. The second kappa shape index (κ2) is 7.61. The molecule has 2 aliphatic carbocycles. The molecule has 1 aromatic carbocycles. The largest absolute Gasteiger partial charge is 0.497 e. The van der Waals surface area contributed by atoms with Crippen LogP contribution in [0.4, 0.5) is 5.69 Å². The summed E-state index contributed by atoms with van der Waals surface area (Å²) in [5.41, 5.74) is 1.37. The number of nitrogens with zero attached hydrogens (tertiary/aromatic N) is 2. The standard InChI is InChI=1S/C27H38N2O4/c1-17-6-5-11-26(3)14-22-23(24-27(17,26)33-24)21(25(30)32-22)16-28-12-13-29(18(2)15-28)19-7-9-20(31-4)10-8-19/h7-10,17-18,21-24H,5-6,11-16H2,1-4H3. The molecule has 180 valence electrons. The molecule has 8 atom stereocenters. The number of epoxide rings is 1. The highest BCUT2D eigenvalue weighted by Crippen LogP contribution is 2.70. The Hall–Kier alpha value is -1.79. The molecule has 0 N–H and O–H groups in total. The lowest BCUT2D eigenvalue weighted by molar-refractivity contribution is -0.146. The Kier molecular flexibility index (Phi) is 5.01. The summed E-state index contributed by atoms with van der Waals surface area (Å²) in [6.07, 6.45) is 4.92. The molecule has 3 aliphatic heterocycles. The Morgan fingerprint density at radius 1 is 1.18 bits per heavy atom. The first kappa shape index (κ1) is 21.7. The van der Waals surface area contributed by atoms with E-state index in [2.05, 4.69) is 42.7 Å². The van der Waals surface area contributed by atoms with Gasteiger partial charge in [-0.1, -0.05) is 20.3 Å². The molecule has 6 heteroatoms. The number of anilines is 1. The fraction of sp³-hybridized carbons (Fsp3) is 0.741. The Bertz CT molecular complexity index is 921. The van der Waals surface area contributed by atoms with E-state index in [0.717, 1.165) is 38.3 Å². The van der Waals surface area contributed by atoms with Gasteiger partial charge in [0.25, 0.3) is 0 Å². The van der Waals surface area contributed by atoms with Crippen molar-refractivity contribution in [1.82, 2.24) is 4.90 Å². The number of methoxy groups -OCH3 is 1. The third-order valence-electron chi connectivity index (χ3n) is 9.76. The van der Waals surface area contributed by atoms with Gasteiger partial charge in [-0.3, -0.25) is 9.69 Å². The zero-order chi connectivity index (χ0) is 23.0. The van der Waals surface area contributed by atoms with Gasteiger partial charge in [-0.15, -0.1) is 0 Å². The van der Waals surface area contributed by atoms with Gasteiger partial charge < -0.3 is 19.1 Å². The van der Waals surface area contributed by atoms with Crippen LogP contribution in [0, 0.1) is 23.2 Å². The van der Waals surface area contributed by atoms with Crippen LogP contribution in [0.25, 0.3) is 0 Å². The molecule has 8 unspecified atom stereocenters. The van der Waals surface area contributed by atoms with Gasteiger partial charge >= 0.3 is 5.97 Å². The number of hydrogen-bond acceptors (Lipinski definition) is 6. The van der Waals surface area contributed by atoms with Crippen LogP contribution in [-0.4, -0.2) is 68.0 Å². The van der Waals surface area contributed by atoms with Crippen molar-refractivity contribution in [3.05, 3.63) is 24.3 Å². The van der Waals surface area contributed by atoms with Crippen LogP contribution in [0.3, 0.4) is 0 Å². The van der Waals surface area contributed by atoms with E-state index in [9.17, 15) is 4.79 Å². The Morgan fingerprint density at radius 3 is 2.70 bits per heavy atom. The highest BCUT2D eigenvalue weighted by Gasteiger charge is 2.78. The van der Waals surface area contributed by atoms with Crippen molar-refractivity contribution in [2.45, 2.75) is 70.3 Å². The maximum atomic E-state index is 13.1. The van der Waals surface area contributed by atoms with Crippen LogP contribution in [0.2, 0.25) is 0 Å². The minimum absolute atomic E-state index is 0.00999. The SMILES string of the molecule is COc1ccc(N2CCN(CC3C(=O)OC4CC5(C)CCCC(C)C56OC6C43)CC2C)cc1. The van der Waals surface area contributed by atoms with Gasteiger partial charge in [0.2, 0.25) is 0 Å². The molecule has 5 fully saturated rings. The lowest BCUT2D eigenvalue weighted by Crippen LogP contribution is -2.56. The fourth-order valence-corrected chi connectivity index (χ4v) is 8.08. The topological polar surface area (TPSA) is 54.5 Å². The van der Waals surface area contributed by atoms with Gasteiger partial charge in [-0.05, 0) is 56.4 Å². The Balaban J connectivity index is 1.14. The summed E-state index contributed by atoms with van der Waals surface area (Å²) in [6.45, 7) is 10.7. The van der Waals surface area contributed by atoms with Crippen LogP contribution in [0.1, 0.15) is 46.5 Å². The van der Waals surface area contributed by atoms with Crippen molar-refractivity contribution < 1.29 is 19.0 Å². The van der Waals surface area contributed by atoms with E-state index in [1.54, 1.807) is 7.11 Å². The van der Waals surface area contributed by atoms with Crippen LogP contribution in [0.15, 0.2) is 24.3 Å². The van der Waals surface area contributed by atoms with Gasteiger partial charge in [-0.2, -0.15) is 0 Å². The van der Waals surface area contributed by atoms with E-state index in [-0.39, 0.29) is 41.0 Å². The van der Waals surface area contributed by atoms with Crippen molar-refractivity contribution >= 4 is 11.7 Å². The molecule has 0 bridgehead atoms. The third-order valence-corrected chi connectivity index (χ3v) is 9.76. The molecule has 6 rings (SSSR count). The molecule has 1 aromatic rings. The monoisotopic (exact) mass is 454 g/mol. The molecule has 0 aromatic heterocycles. The average molecular weight is 455 g/mol. The molecule has 33 heavy (non-hydrogen) atoms. The number of esters is 1. The van der Waals surface area contributed by atoms with Crippen LogP contribution < -0.4 is 9.64 Å². The van der Waals surface area contributed by atoms with Crippen LogP contribution >= 0.6 is 0 Å². The Morgan fingerprint density at radius 2 is 1.97 bits per heavy atom. The highest BCUT2D eigenvalue weighted by molar-refractivity contribution is 5.76. The molecule has 3 saturated heterocycles. The first-order valence-corrected chi connectivity index (χ1v) is 12.9. The number of carbonyl (C=O) groups excluding carboxylic acids is 1. The third kappa shape index (κ3) is 3.16. The van der Waals surface area contributed by atoms with Crippen molar-refractivity contribution in [3.8, 4) is 5.75 Å². The summed E-state index contributed by atoms with van der Waals surface area (Å²) >= 11 is 0. The quantitative estimate of drug-likeness (QED) is 0.510. The normalized spacial score (nSPS) is 44.5. The number of fused-ring (bicyclic) bond motifs is 2. The average Bonchev–Trinajstić information content (AvgIpc) is 3.48. The first-order chi connectivity index (χ1) is 15.9. The minimum atomic E-state index is -0.0576. The maximum absolute atomic E-state index is 13.1. The number of ether oxygens (including phenoxy) is 3. The van der Waals surface area contributed by atoms with Gasteiger partial charge in [0.05, 0.1) is 19.1 Å². The van der Waals surface area contributed by atoms with E-state index in [1.807, 2.05) is 12.1 Å². The molecule has 5 aliphatic rings. The Labute approximate surface area is 197 Å². The summed E-state index contributed by atoms with van der Waals surface area (Å²) < 4.78 is 18.0. The number of rotatable bonds is 4. The van der Waals surface area contributed by atoms with E-state index in [4.69, 9.17) is 14.2 Å². The lowest BCUT2D eigenvalue weighted by atomic mass is 9.53. The zero-order valence-corrected chi connectivity index (χ0v) is 20.5. The van der Waals surface area contributed by atoms with E-state index in [0.29, 0.717) is 12.0 Å². The summed E-state index contributed by atoms with van der Waals surface area (Å²) in [5.74, 6) is 1.64. The van der Waals surface area contributed by atoms with E-state index in [1.165, 1.54) is 24.9 Å². The van der Waals surface area contributed by atoms with E-state index < -0.39 is 0 Å². The predicted octanol–water partition coefficient (Wildman–Crippen LogP) is 3.73. The molecule has 0 amide bonds. The van der Waals surface area contributed by atoms with Crippen molar-refractivity contribution in [2.24, 2.45) is 23.2 Å². The number of benzene rings is 1. The van der Waals surface area contributed by atoms with Crippen molar-refractivity contribution in [1.29, 1.82) is 0 Å². The number of carbonyl (C=O) groups is 1. The summed E-state index contributed by atoms with van der Waals surface area (Å²) in [7, 11) is 1.70. The zero-order valence-electron chi connectivity index (χ0n) is 20.5. The van der Waals surface area contributed by atoms with Crippen LogP contribution in [-0.2, 0) is 14.3 Å². The maximum Gasteiger partial charge on any atom is 0.311 e. The van der Waals surface area contributed by atoms with Crippen molar-refractivity contribution in [3.63, 3.8) is 0 Å². The summed E-state index contributed by atoms with van der Waals surface area (Å²) in [4.78, 5) is 18.0. The summed E-state index contributed by atoms with van der Waals surface area (Å²) in [6, 6.07) is 8.71. The number of piperazine rings is 1. The van der Waals surface area contributed by atoms with Crippen LogP contribution in [0.5, 0.6) is 5.75 Å². The van der Waals surface area contributed by atoms with Gasteiger partial charge in [-0.25, -0.2) is 0 Å². The van der Waals surface area contributed by atoms with Crippen molar-refractivity contribution in [2.75, 3.05) is 38.2 Å². The molecule has 1 spiro atoms. The van der Waals surface area contributed by atoms with Gasteiger partial charge in [0.1, 0.15) is 17.5 Å².